The number of amides is 1. The highest BCUT2D eigenvalue weighted by Crippen LogP contribution is 2.36. The predicted molar refractivity (Wildman–Crippen MR) is 128 cm³/mol. The molecule has 4 aromatic carbocycles. The molecule has 1 aliphatic rings. The Kier molecular flexibility index (Phi) is 5.58. The van der Waals surface area contributed by atoms with Crippen LogP contribution in [0.2, 0.25) is 0 Å². The summed E-state index contributed by atoms with van der Waals surface area (Å²) in [7, 11) is 0. The lowest BCUT2D eigenvalue weighted by Gasteiger charge is -2.36. The summed E-state index contributed by atoms with van der Waals surface area (Å²) in [5.74, 6) is 0.725. The highest BCUT2D eigenvalue weighted by molar-refractivity contribution is 6.08. The molecule has 1 heterocycles. The van der Waals surface area contributed by atoms with Gasteiger partial charge in [0.2, 0.25) is 0 Å². The normalized spacial score (nSPS) is 14.9. The van der Waals surface area contributed by atoms with Crippen LogP contribution < -0.4 is 15.0 Å². The van der Waals surface area contributed by atoms with Gasteiger partial charge in [-0.25, -0.2) is 0 Å². The van der Waals surface area contributed by atoms with Gasteiger partial charge < -0.3 is 15.0 Å². The average molecular weight is 421 g/mol. The van der Waals surface area contributed by atoms with Gasteiger partial charge in [-0.2, -0.15) is 0 Å². The summed E-state index contributed by atoms with van der Waals surface area (Å²) in [5.41, 5.74) is 4.76. The Morgan fingerprint density at radius 2 is 1.47 bits per heavy atom. The molecule has 4 heteroatoms. The summed E-state index contributed by atoms with van der Waals surface area (Å²) in [6.07, 6.45) is 0. The lowest BCUT2D eigenvalue weighted by atomic mass is 10.0. The number of benzene rings is 4. The van der Waals surface area contributed by atoms with Crippen molar-refractivity contribution in [2.45, 2.75) is 12.6 Å². The van der Waals surface area contributed by atoms with E-state index in [2.05, 4.69) is 17.4 Å². The number of fused-ring (bicyclic) bond motifs is 1. The maximum Gasteiger partial charge on any atom is 0.258 e. The molecule has 1 unspecified atom stereocenters. The van der Waals surface area contributed by atoms with Crippen molar-refractivity contribution in [1.82, 2.24) is 0 Å². The van der Waals surface area contributed by atoms with Crippen LogP contribution in [-0.4, -0.2) is 12.5 Å². The van der Waals surface area contributed by atoms with Crippen molar-refractivity contribution in [3.63, 3.8) is 0 Å². The fourth-order valence-electron chi connectivity index (χ4n) is 4.00. The number of rotatable bonds is 5. The molecular formula is C28H24N2O2. The standard InChI is InChI=1S/C28H24N2O2/c31-28(23-15-17-24(18-16-23)32-20-21-9-3-1-4-10-21)30-19-26(22-11-5-2-6-12-22)29-25-13-7-8-14-27(25)30/h1-18,26,29H,19-20H2. The van der Waals surface area contributed by atoms with Crippen molar-refractivity contribution in [3.8, 4) is 5.75 Å². The first-order chi connectivity index (χ1) is 15.8. The highest BCUT2D eigenvalue weighted by atomic mass is 16.5. The lowest BCUT2D eigenvalue weighted by molar-refractivity contribution is 0.0985. The maximum atomic E-state index is 13.5. The van der Waals surface area contributed by atoms with Gasteiger partial charge in [0.15, 0.2) is 0 Å². The van der Waals surface area contributed by atoms with Gasteiger partial charge >= 0.3 is 0 Å². The fraction of sp³-hybridized carbons (Fsp3) is 0.107. The molecule has 0 spiro atoms. The van der Waals surface area contributed by atoms with E-state index >= 15 is 0 Å². The molecule has 4 aromatic rings. The Morgan fingerprint density at radius 1 is 0.812 bits per heavy atom. The largest absolute Gasteiger partial charge is 0.489 e. The lowest BCUT2D eigenvalue weighted by Crippen LogP contribution is -2.40. The number of nitrogens with zero attached hydrogens (tertiary/aromatic N) is 1. The Bertz CT molecular complexity index is 1190. The molecule has 0 radical (unpaired) electrons. The van der Waals surface area contributed by atoms with Crippen LogP contribution in [0.3, 0.4) is 0 Å². The van der Waals surface area contributed by atoms with Crippen LogP contribution in [0.4, 0.5) is 11.4 Å². The Hall–Kier alpha value is -4.05. The molecule has 0 saturated heterocycles. The molecule has 0 aromatic heterocycles. The third-order valence-corrected chi connectivity index (χ3v) is 5.69. The number of carbonyl (C=O) groups is 1. The van der Waals surface area contributed by atoms with Crippen molar-refractivity contribution in [1.29, 1.82) is 0 Å². The van der Waals surface area contributed by atoms with Gasteiger partial charge in [-0.05, 0) is 47.5 Å². The molecule has 1 aliphatic heterocycles. The zero-order valence-corrected chi connectivity index (χ0v) is 17.6. The third-order valence-electron chi connectivity index (χ3n) is 5.69. The fourth-order valence-corrected chi connectivity index (χ4v) is 4.00. The van der Waals surface area contributed by atoms with Crippen LogP contribution in [0.5, 0.6) is 5.75 Å². The number of hydrogen-bond donors (Lipinski definition) is 1. The third kappa shape index (κ3) is 4.21. The number of hydrogen-bond acceptors (Lipinski definition) is 3. The highest BCUT2D eigenvalue weighted by Gasteiger charge is 2.29. The Morgan fingerprint density at radius 3 is 2.22 bits per heavy atom. The zero-order chi connectivity index (χ0) is 21.8. The van der Waals surface area contributed by atoms with Gasteiger partial charge in [0.05, 0.1) is 24.0 Å². The molecular weight excluding hydrogens is 396 g/mol. The number of ether oxygens (including phenoxy) is 1. The van der Waals surface area contributed by atoms with Crippen LogP contribution in [0.15, 0.2) is 109 Å². The first-order valence-corrected chi connectivity index (χ1v) is 10.8. The van der Waals surface area contributed by atoms with Crippen molar-refractivity contribution >= 4 is 17.3 Å². The minimum atomic E-state index is -0.0190. The number of nitrogens with one attached hydrogen (secondary N) is 1. The molecule has 32 heavy (non-hydrogen) atoms. The average Bonchev–Trinajstić information content (AvgIpc) is 2.88. The molecule has 158 valence electrons. The van der Waals surface area contributed by atoms with Crippen LogP contribution >= 0.6 is 0 Å². The molecule has 4 nitrogen and oxygen atoms in total. The maximum absolute atomic E-state index is 13.5. The SMILES string of the molecule is O=C(c1ccc(OCc2ccccc2)cc1)N1CC(c2ccccc2)Nc2ccccc21. The number of anilines is 2. The molecule has 1 N–H and O–H groups in total. The van der Waals surface area contributed by atoms with Crippen LogP contribution in [0, 0.1) is 0 Å². The number of para-hydroxylation sites is 2. The first kappa shape index (κ1) is 19.9. The number of carbonyl (C=O) groups excluding carboxylic acids is 1. The van der Waals surface area contributed by atoms with E-state index in [-0.39, 0.29) is 11.9 Å². The minimum absolute atomic E-state index is 0.0190. The second kappa shape index (κ2) is 8.98. The van der Waals surface area contributed by atoms with Crippen LogP contribution in [0.25, 0.3) is 0 Å². The quantitative estimate of drug-likeness (QED) is 0.425. The van der Waals surface area contributed by atoms with E-state index in [1.807, 2.05) is 102 Å². The molecule has 0 aliphatic carbocycles. The molecule has 0 saturated carbocycles. The van der Waals surface area contributed by atoms with Gasteiger partial charge in [-0.1, -0.05) is 72.8 Å². The van der Waals surface area contributed by atoms with E-state index < -0.39 is 0 Å². The van der Waals surface area contributed by atoms with E-state index in [9.17, 15) is 4.79 Å². The van der Waals surface area contributed by atoms with Crippen molar-refractivity contribution in [3.05, 3.63) is 126 Å². The zero-order valence-electron chi connectivity index (χ0n) is 17.6. The van der Waals surface area contributed by atoms with E-state index in [4.69, 9.17) is 4.74 Å². The van der Waals surface area contributed by atoms with E-state index in [1.165, 1.54) is 0 Å². The molecule has 5 rings (SSSR count). The summed E-state index contributed by atoms with van der Waals surface area (Å²) in [6.45, 7) is 1.06. The van der Waals surface area contributed by atoms with Gasteiger partial charge in [0.25, 0.3) is 5.91 Å². The van der Waals surface area contributed by atoms with Crippen molar-refractivity contribution in [2.24, 2.45) is 0 Å². The minimum Gasteiger partial charge on any atom is -0.489 e. The predicted octanol–water partition coefficient (Wildman–Crippen LogP) is 6.08. The second-order valence-corrected chi connectivity index (χ2v) is 7.84. The van der Waals surface area contributed by atoms with Crippen LogP contribution in [0.1, 0.15) is 27.5 Å². The monoisotopic (exact) mass is 420 g/mol. The first-order valence-electron chi connectivity index (χ1n) is 10.8. The van der Waals surface area contributed by atoms with Gasteiger partial charge in [0, 0.05) is 5.56 Å². The van der Waals surface area contributed by atoms with E-state index in [0.717, 1.165) is 28.3 Å². The summed E-state index contributed by atoms with van der Waals surface area (Å²) in [6, 6.07) is 35.7. The van der Waals surface area contributed by atoms with Gasteiger partial charge in [0.1, 0.15) is 12.4 Å². The van der Waals surface area contributed by atoms with E-state index in [1.54, 1.807) is 0 Å². The van der Waals surface area contributed by atoms with Crippen molar-refractivity contribution in [2.75, 3.05) is 16.8 Å². The van der Waals surface area contributed by atoms with Gasteiger partial charge in [-0.15, -0.1) is 0 Å². The summed E-state index contributed by atoms with van der Waals surface area (Å²) >= 11 is 0. The summed E-state index contributed by atoms with van der Waals surface area (Å²) < 4.78 is 5.87. The van der Waals surface area contributed by atoms with E-state index in [0.29, 0.717) is 18.7 Å². The molecule has 0 fully saturated rings. The van der Waals surface area contributed by atoms with Crippen LogP contribution in [-0.2, 0) is 6.61 Å². The summed E-state index contributed by atoms with van der Waals surface area (Å²) in [5, 5.41) is 3.58. The topological polar surface area (TPSA) is 41.6 Å². The Labute approximate surface area is 188 Å². The molecule has 0 bridgehead atoms. The van der Waals surface area contributed by atoms with Gasteiger partial charge in [-0.3, -0.25) is 4.79 Å². The Balaban J connectivity index is 1.35. The molecule has 1 atom stereocenters. The van der Waals surface area contributed by atoms with Crippen molar-refractivity contribution < 1.29 is 9.53 Å². The molecule has 1 amide bonds. The second-order valence-electron chi connectivity index (χ2n) is 7.84. The smallest absolute Gasteiger partial charge is 0.258 e. The summed E-state index contributed by atoms with van der Waals surface area (Å²) in [4.78, 5) is 15.4.